The molecular weight excluding hydrogens is 985 g/mol. The summed E-state index contributed by atoms with van der Waals surface area (Å²) in [6.45, 7) is 6.36. The highest BCUT2D eigenvalue weighted by atomic mass is 16.6. The lowest BCUT2D eigenvalue weighted by atomic mass is 10.1. The Labute approximate surface area is 492 Å². The largest absolute Gasteiger partial charge is 0.462 e. The molecule has 0 aliphatic heterocycles. The van der Waals surface area contributed by atoms with Gasteiger partial charge in [-0.25, -0.2) is 0 Å². The minimum absolute atomic E-state index is 0.105. The third kappa shape index (κ3) is 63.9. The molecule has 0 N–H and O–H groups in total. The fraction of sp³-hybridized carbons (Fsp3) is 0.608. The predicted octanol–water partition coefficient (Wildman–Crippen LogP) is 22.5. The Morgan fingerprint density at radius 3 is 0.762 bits per heavy atom. The molecule has 0 fully saturated rings. The van der Waals surface area contributed by atoms with E-state index < -0.39 is 6.10 Å². The number of allylic oxidation sites excluding steroid dienone is 26. The van der Waals surface area contributed by atoms with Gasteiger partial charge in [-0.05, 0) is 148 Å². The summed E-state index contributed by atoms with van der Waals surface area (Å²) in [5.74, 6) is -0.955. The van der Waals surface area contributed by atoms with Crippen LogP contribution in [0.1, 0.15) is 271 Å². The van der Waals surface area contributed by atoms with Crippen molar-refractivity contribution < 1.29 is 28.6 Å². The summed E-state index contributed by atoms with van der Waals surface area (Å²) < 4.78 is 16.9. The first kappa shape index (κ1) is 75.0. The first-order chi connectivity index (χ1) is 39.5. The molecule has 0 heterocycles. The molecule has 0 saturated heterocycles. The summed E-state index contributed by atoms with van der Waals surface area (Å²) in [5.41, 5.74) is 0. The minimum Gasteiger partial charge on any atom is -0.462 e. The van der Waals surface area contributed by atoms with Gasteiger partial charge in [0, 0.05) is 19.3 Å². The summed E-state index contributed by atoms with van der Waals surface area (Å²) in [5, 5.41) is 0. The van der Waals surface area contributed by atoms with Crippen molar-refractivity contribution in [2.75, 3.05) is 13.2 Å². The summed E-state index contributed by atoms with van der Waals surface area (Å²) in [6.07, 6.45) is 96.7. The third-order valence-electron chi connectivity index (χ3n) is 13.2. The van der Waals surface area contributed by atoms with E-state index in [9.17, 15) is 14.4 Å². The molecule has 0 radical (unpaired) electrons. The normalized spacial score (nSPS) is 13.2. The van der Waals surface area contributed by atoms with Crippen molar-refractivity contribution in [1.82, 2.24) is 0 Å². The molecule has 6 nitrogen and oxygen atoms in total. The van der Waals surface area contributed by atoms with Gasteiger partial charge in [0.05, 0.1) is 0 Å². The van der Waals surface area contributed by atoms with Gasteiger partial charge in [-0.1, -0.05) is 262 Å². The van der Waals surface area contributed by atoms with Crippen LogP contribution in [0.25, 0.3) is 0 Å². The van der Waals surface area contributed by atoms with E-state index in [0.717, 1.165) is 173 Å². The van der Waals surface area contributed by atoms with E-state index in [1.165, 1.54) is 57.8 Å². The van der Waals surface area contributed by atoms with E-state index in [1.54, 1.807) is 0 Å². The summed E-state index contributed by atoms with van der Waals surface area (Å²) >= 11 is 0. The maximum Gasteiger partial charge on any atom is 0.306 e. The molecule has 0 aliphatic rings. The highest BCUT2D eigenvalue weighted by Crippen LogP contribution is 2.14. The molecular formula is C74H118O6. The summed E-state index contributed by atoms with van der Waals surface area (Å²) in [4.78, 5) is 38.3. The minimum atomic E-state index is -0.809. The Balaban J connectivity index is 4.45. The standard InChI is InChI=1S/C74H118O6/c1-4-7-10-13-16-19-22-25-28-30-32-33-34-35-36-37-38-39-40-41-42-44-46-49-52-55-58-61-64-67-73(76)79-70-71(69-78-72(75)66-63-60-57-54-51-48-45-27-24-21-18-15-12-9-6-3)80-74(77)68-65-62-59-56-53-50-47-43-31-29-26-23-20-17-14-11-8-5-2/h7,9-10,12,16,18-21,23,25,27-29,31-33,35-36,38-39,41-42,45-46,49,71H,4-6,8,11,13-15,17,22,24,26,30,34,37,40,43-44,47-48,50-70H2,1-3H3/b10-7-,12-9-,19-16-,21-18-,23-20-,28-25-,31-29-,33-32-,36-35-,39-38-,42-41-,45-27-,49-46-. The second-order valence-electron chi connectivity index (χ2n) is 20.9. The highest BCUT2D eigenvalue weighted by molar-refractivity contribution is 5.71. The lowest BCUT2D eigenvalue weighted by molar-refractivity contribution is -0.167. The Morgan fingerprint density at radius 2 is 0.487 bits per heavy atom. The van der Waals surface area contributed by atoms with E-state index in [-0.39, 0.29) is 31.1 Å². The molecule has 1 unspecified atom stereocenters. The Kier molecular flexibility index (Phi) is 62.4. The molecule has 0 rings (SSSR count). The van der Waals surface area contributed by atoms with Crippen molar-refractivity contribution in [2.45, 2.75) is 277 Å². The molecule has 0 aromatic carbocycles. The molecule has 80 heavy (non-hydrogen) atoms. The van der Waals surface area contributed by atoms with Gasteiger partial charge in [0.1, 0.15) is 13.2 Å². The van der Waals surface area contributed by atoms with Crippen molar-refractivity contribution in [1.29, 1.82) is 0 Å². The first-order valence-electron chi connectivity index (χ1n) is 32.5. The number of hydrogen-bond donors (Lipinski definition) is 0. The fourth-order valence-electron chi connectivity index (χ4n) is 8.44. The van der Waals surface area contributed by atoms with Crippen molar-refractivity contribution in [3.05, 3.63) is 158 Å². The van der Waals surface area contributed by atoms with Gasteiger partial charge in [0.2, 0.25) is 0 Å². The van der Waals surface area contributed by atoms with Gasteiger partial charge >= 0.3 is 17.9 Å². The second kappa shape index (κ2) is 66.5. The number of esters is 3. The number of ether oxygens (including phenoxy) is 3. The van der Waals surface area contributed by atoms with Crippen LogP contribution < -0.4 is 0 Å². The monoisotopic (exact) mass is 1100 g/mol. The quantitative estimate of drug-likeness (QED) is 0.0261. The molecule has 0 aromatic rings. The van der Waals surface area contributed by atoms with Crippen LogP contribution in [-0.4, -0.2) is 37.2 Å². The maximum atomic E-state index is 12.9. The SMILES string of the molecule is CC/C=C\C/C=C\C/C=C\C/C=C\C/C=C\C/C=C\C/C=C\C/C=C\CCCCCCC(=O)OCC(COC(=O)CCCCCCC/C=C\C/C=C\C/C=C\CC)OC(=O)CCCCCCCCC/C=C\C/C=C\CCCCCC. The van der Waals surface area contributed by atoms with E-state index in [4.69, 9.17) is 14.2 Å². The zero-order chi connectivity index (χ0) is 57.8. The smallest absolute Gasteiger partial charge is 0.306 e. The van der Waals surface area contributed by atoms with Crippen LogP contribution in [0.4, 0.5) is 0 Å². The number of rotatable bonds is 57. The molecule has 0 bridgehead atoms. The molecule has 0 aromatic heterocycles. The van der Waals surface area contributed by atoms with Crippen molar-refractivity contribution >= 4 is 17.9 Å². The fourth-order valence-corrected chi connectivity index (χ4v) is 8.44. The van der Waals surface area contributed by atoms with Crippen LogP contribution in [0.3, 0.4) is 0 Å². The van der Waals surface area contributed by atoms with Crippen molar-refractivity contribution in [3.63, 3.8) is 0 Å². The predicted molar refractivity (Wildman–Crippen MR) is 348 cm³/mol. The van der Waals surface area contributed by atoms with Gasteiger partial charge in [-0.15, -0.1) is 0 Å². The van der Waals surface area contributed by atoms with Crippen LogP contribution in [0, 0.1) is 0 Å². The molecule has 0 spiro atoms. The van der Waals surface area contributed by atoms with Crippen LogP contribution in [0.2, 0.25) is 0 Å². The number of carbonyl (C=O) groups is 3. The van der Waals surface area contributed by atoms with E-state index in [2.05, 4.69) is 179 Å². The molecule has 0 saturated carbocycles. The average Bonchev–Trinajstić information content (AvgIpc) is 3.46. The third-order valence-corrected chi connectivity index (χ3v) is 13.2. The highest BCUT2D eigenvalue weighted by Gasteiger charge is 2.19. The van der Waals surface area contributed by atoms with Gasteiger partial charge in [-0.3, -0.25) is 14.4 Å². The Morgan fingerprint density at radius 1 is 0.263 bits per heavy atom. The maximum absolute atomic E-state index is 12.9. The molecule has 450 valence electrons. The molecule has 0 aliphatic carbocycles. The van der Waals surface area contributed by atoms with Crippen LogP contribution >= 0.6 is 0 Å². The zero-order valence-electron chi connectivity index (χ0n) is 51.5. The molecule has 6 heteroatoms. The zero-order valence-corrected chi connectivity index (χ0v) is 51.5. The van der Waals surface area contributed by atoms with Gasteiger partial charge in [-0.2, -0.15) is 0 Å². The van der Waals surface area contributed by atoms with Crippen LogP contribution in [-0.2, 0) is 28.6 Å². The van der Waals surface area contributed by atoms with E-state index in [1.807, 2.05) is 0 Å². The van der Waals surface area contributed by atoms with Crippen LogP contribution in [0.15, 0.2) is 158 Å². The summed E-state index contributed by atoms with van der Waals surface area (Å²) in [6, 6.07) is 0. The molecule has 0 amide bonds. The Hall–Kier alpha value is -4.97. The lowest BCUT2D eigenvalue weighted by Crippen LogP contribution is -2.30. The lowest BCUT2D eigenvalue weighted by Gasteiger charge is -2.18. The second-order valence-corrected chi connectivity index (χ2v) is 20.9. The van der Waals surface area contributed by atoms with Crippen molar-refractivity contribution in [3.8, 4) is 0 Å². The van der Waals surface area contributed by atoms with E-state index in [0.29, 0.717) is 19.3 Å². The van der Waals surface area contributed by atoms with Gasteiger partial charge in [0.15, 0.2) is 6.10 Å². The number of unbranched alkanes of at least 4 members (excludes halogenated alkanes) is 20. The van der Waals surface area contributed by atoms with Gasteiger partial charge < -0.3 is 14.2 Å². The topological polar surface area (TPSA) is 78.9 Å². The number of hydrogen-bond acceptors (Lipinski definition) is 6. The number of carbonyl (C=O) groups excluding carboxylic acids is 3. The van der Waals surface area contributed by atoms with Crippen molar-refractivity contribution in [2.24, 2.45) is 0 Å². The van der Waals surface area contributed by atoms with Crippen LogP contribution in [0.5, 0.6) is 0 Å². The summed E-state index contributed by atoms with van der Waals surface area (Å²) in [7, 11) is 0. The molecule has 1 atom stereocenters. The average molecular weight is 1100 g/mol. The van der Waals surface area contributed by atoms with Gasteiger partial charge in [0.25, 0.3) is 0 Å². The Bertz CT molecular complexity index is 1790. The van der Waals surface area contributed by atoms with E-state index >= 15 is 0 Å². The first-order valence-corrected chi connectivity index (χ1v) is 32.5.